The summed E-state index contributed by atoms with van der Waals surface area (Å²) >= 11 is 5.30. The molecule has 21 heavy (non-hydrogen) atoms. The number of nitro groups is 1. The molecule has 0 saturated carbocycles. The van der Waals surface area contributed by atoms with Gasteiger partial charge in [0, 0.05) is 4.90 Å². The number of hydrogen-bond acceptors (Lipinski definition) is 9. The molecule has 6 nitrogen and oxygen atoms in total. The maximum Gasteiger partial charge on any atom is 0.344 e. The van der Waals surface area contributed by atoms with E-state index in [-0.39, 0.29) is 5.00 Å². The number of benzene rings is 1. The van der Waals surface area contributed by atoms with E-state index in [0.717, 1.165) is 24.9 Å². The summed E-state index contributed by atoms with van der Waals surface area (Å²) in [6.07, 6.45) is 1.26. The molecule has 10 heteroatoms. The van der Waals surface area contributed by atoms with E-state index in [0.29, 0.717) is 4.34 Å². The maximum absolute atomic E-state index is 10.6. The average Bonchev–Trinajstić information content (AvgIpc) is 3.10. The van der Waals surface area contributed by atoms with Crippen LogP contribution in [0, 0.1) is 10.1 Å². The van der Waals surface area contributed by atoms with E-state index in [1.165, 1.54) is 41.1 Å². The Hall–Kier alpha value is -1.49. The van der Waals surface area contributed by atoms with Crippen LogP contribution in [-0.2, 0) is 0 Å². The molecule has 106 valence electrons. The second kappa shape index (κ2) is 6.52. The zero-order valence-corrected chi connectivity index (χ0v) is 13.5. The van der Waals surface area contributed by atoms with Gasteiger partial charge in [-0.15, -0.1) is 10.2 Å². The lowest BCUT2D eigenvalue weighted by atomic mass is 10.4. The molecular weight excluding hydrogens is 348 g/mol. The van der Waals surface area contributed by atoms with Gasteiger partial charge in [0.2, 0.25) is 0 Å². The first kappa shape index (κ1) is 14.4. The van der Waals surface area contributed by atoms with Crippen molar-refractivity contribution in [2.45, 2.75) is 17.9 Å². The molecule has 3 aromatic rings. The van der Waals surface area contributed by atoms with Gasteiger partial charge in [-0.3, -0.25) is 10.1 Å². The smallest absolute Gasteiger partial charge is 0.257 e. The van der Waals surface area contributed by atoms with Crippen molar-refractivity contribution < 1.29 is 4.92 Å². The van der Waals surface area contributed by atoms with E-state index in [1.54, 1.807) is 0 Å². The van der Waals surface area contributed by atoms with Gasteiger partial charge in [-0.2, -0.15) is 0 Å². The molecule has 0 aliphatic carbocycles. The minimum absolute atomic E-state index is 0.0286. The molecule has 0 bridgehead atoms. The summed E-state index contributed by atoms with van der Waals surface area (Å²) in [7, 11) is 0. The van der Waals surface area contributed by atoms with E-state index < -0.39 is 4.92 Å². The third kappa shape index (κ3) is 3.79. The molecule has 0 saturated heterocycles. The fourth-order valence-corrected chi connectivity index (χ4v) is 5.32. The molecule has 0 fully saturated rings. The Morgan fingerprint density at radius 3 is 2.38 bits per heavy atom. The highest BCUT2D eigenvalue weighted by molar-refractivity contribution is 8.04. The van der Waals surface area contributed by atoms with Gasteiger partial charge < -0.3 is 0 Å². The van der Waals surface area contributed by atoms with Crippen molar-refractivity contribution in [2.24, 2.45) is 0 Å². The molecule has 0 aliphatic heterocycles. The van der Waals surface area contributed by atoms with Crippen LogP contribution < -0.4 is 0 Å². The molecule has 0 unspecified atom stereocenters. The lowest BCUT2D eigenvalue weighted by molar-refractivity contribution is -0.380. The minimum Gasteiger partial charge on any atom is -0.257 e. The number of hydrogen-bond donors (Lipinski definition) is 0. The van der Waals surface area contributed by atoms with Gasteiger partial charge in [-0.05, 0) is 35.2 Å². The van der Waals surface area contributed by atoms with Crippen LogP contribution in [0.25, 0.3) is 0 Å². The first-order valence-electron chi connectivity index (χ1n) is 5.55. The Kier molecular flexibility index (Phi) is 4.48. The Morgan fingerprint density at radius 1 is 1.00 bits per heavy atom. The highest BCUT2D eigenvalue weighted by Gasteiger charge is 2.14. The van der Waals surface area contributed by atoms with Gasteiger partial charge in [0.1, 0.15) is 6.20 Å². The van der Waals surface area contributed by atoms with Crippen molar-refractivity contribution >= 4 is 51.2 Å². The van der Waals surface area contributed by atoms with E-state index in [2.05, 4.69) is 15.2 Å². The Balaban J connectivity index is 1.68. The third-order valence-electron chi connectivity index (χ3n) is 2.16. The Bertz CT molecular complexity index is 758. The SMILES string of the molecule is O=[N+]([O-])c1cnc(Sc2nnc(Sc3ccccc3)s2)s1. The molecule has 0 spiro atoms. The maximum atomic E-state index is 10.6. The van der Waals surface area contributed by atoms with Crippen molar-refractivity contribution in [3.8, 4) is 0 Å². The summed E-state index contributed by atoms with van der Waals surface area (Å²) < 4.78 is 2.14. The fourth-order valence-electron chi connectivity index (χ4n) is 1.33. The Labute approximate surface area is 135 Å². The van der Waals surface area contributed by atoms with Gasteiger partial charge in [-0.25, -0.2) is 4.98 Å². The van der Waals surface area contributed by atoms with Gasteiger partial charge in [0.25, 0.3) is 0 Å². The first-order chi connectivity index (χ1) is 10.2. The van der Waals surface area contributed by atoms with Gasteiger partial charge in [0.15, 0.2) is 13.0 Å². The summed E-state index contributed by atoms with van der Waals surface area (Å²) in [6.45, 7) is 0. The minimum atomic E-state index is -0.446. The van der Waals surface area contributed by atoms with Crippen LogP contribution in [0.4, 0.5) is 5.00 Å². The quantitative estimate of drug-likeness (QED) is 0.501. The van der Waals surface area contributed by atoms with E-state index in [9.17, 15) is 10.1 Å². The third-order valence-corrected chi connectivity index (χ3v) is 6.22. The number of rotatable bonds is 5. The van der Waals surface area contributed by atoms with Crippen LogP contribution in [0.2, 0.25) is 0 Å². The van der Waals surface area contributed by atoms with Crippen LogP contribution in [-0.4, -0.2) is 20.1 Å². The standard InChI is InChI=1S/C11H6N4O2S4/c16-15(17)8-6-12-9(19-8)20-11-14-13-10(21-11)18-7-4-2-1-3-5-7/h1-6H. The van der Waals surface area contributed by atoms with Gasteiger partial charge >= 0.3 is 5.00 Å². The monoisotopic (exact) mass is 354 g/mol. The molecule has 2 aromatic heterocycles. The summed E-state index contributed by atoms with van der Waals surface area (Å²) in [5.74, 6) is 0. The van der Waals surface area contributed by atoms with Gasteiger partial charge in [-0.1, -0.05) is 41.3 Å². The Morgan fingerprint density at radius 2 is 1.71 bits per heavy atom. The van der Waals surface area contributed by atoms with Crippen molar-refractivity contribution in [1.82, 2.24) is 15.2 Å². The molecule has 0 radical (unpaired) electrons. The van der Waals surface area contributed by atoms with Crippen LogP contribution in [0.1, 0.15) is 0 Å². The van der Waals surface area contributed by atoms with E-state index >= 15 is 0 Å². The topological polar surface area (TPSA) is 81.8 Å². The van der Waals surface area contributed by atoms with Crippen molar-refractivity contribution in [3.05, 3.63) is 46.6 Å². The lowest BCUT2D eigenvalue weighted by Crippen LogP contribution is -1.80. The van der Waals surface area contributed by atoms with E-state index in [1.807, 2.05) is 30.3 Å². The van der Waals surface area contributed by atoms with Crippen LogP contribution in [0.3, 0.4) is 0 Å². The van der Waals surface area contributed by atoms with Crippen molar-refractivity contribution in [2.75, 3.05) is 0 Å². The molecular formula is C11H6N4O2S4. The normalized spacial score (nSPS) is 10.7. The molecule has 2 heterocycles. The molecule has 0 N–H and O–H groups in total. The van der Waals surface area contributed by atoms with Crippen LogP contribution in [0.5, 0.6) is 0 Å². The van der Waals surface area contributed by atoms with Crippen LogP contribution >= 0.6 is 46.2 Å². The number of nitrogens with zero attached hydrogens (tertiary/aromatic N) is 4. The van der Waals surface area contributed by atoms with Crippen LogP contribution in [0.15, 0.2) is 54.4 Å². The van der Waals surface area contributed by atoms with Crippen molar-refractivity contribution in [1.29, 1.82) is 0 Å². The molecule has 0 aliphatic rings. The number of thiazole rings is 1. The predicted octanol–water partition coefficient (Wildman–Crippen LogP) is 4.21. The average molecular weight is 354 g/mol. The molecule has 0 atom stereocenters. The summed E-state index contributed by atoms with van der Waals surface area (Å²) in [5, 5.41) is 18.8. The lowest BCUT2D eigenvalue weighted by Gasteiger charge is -1.93. The molecule has 1 aromatic carbocycles. The first-order valence-corrected chi connectivity index (χ1v) is 8.82. The second-order valence-electron chi connectivity index (χ2n) is 3.57. The summed E-state index contributed by atoms with van der Waals surface area (Å²) in [5.41, 5.74) is 0. The van der Waals surface area contributed by atoms with E-state index in [4.69, 9.17) is 0 Å². The van der Waals surface area contributed by atoms with Gasteiger partial charge in [0.05, 0.1) is 4.92 Å². The summed E-state index contributed by atoms with van der Waals surface area (Å²) in [6, 6.07) is 9.90. The zero-order chi connectivity index (χ0) is 14.7. The molecule has 3 rings (SSSR count). The highest BCUT2D eigenvalue weighted by atomic mass is 32.2. The highest BCUT2D eigenvalue weighted by Crippen LogP contribution is 2.38. The fraction of sp³-hybridized carbons (Fsp3) is 0. The van der Waals surface area contributed by atoms with Crippen molar-refractivity contribution in [3.63, 3.8) is 0 Å². The predicted molar refractivity (Wildman–Crippen MR) is 83.4 cm³/mol. The largest absolute Gasteiger partial charge is 0.344 e. The second-order valence-corrected chi connectivity index (χ2v) is 8.37. The summed E-state index contributed by atoms with van der Waals surface area (Å²) in [4.78, 5) is 15.3. The molecule has 0 amide bonds. The number of aromatic nitrogens is 3. The zero-order valence-electron chi connectivity index (χ0n) is 10.2.